The van der Waals surface area contributed by atoms with E-state index in [0.717, 1.165) is 17.7 Å². The summed E-state index contributed by atoms with van der Waals surface area (Å²) in [6, 6.07) is 7.73. The molecule has 1 aliphatic heterocycles. The smallest absolute Gasteiger partial charge is 0.317 e. The lowest BCUT2D eigenvalue weighted by atomic mass is 10.1. The van der Waals surface area contributed by atoms with Gasteiger partial charge in [0.25, 0.3) is 0 Å². The number of carbonyl (C=O) groups is 2. The van der Waals surface area contributed by atoms with Crippen LogP contribution in [0.3, 0.4) is 0 Å². The number of primary amides is 1. The summed E-state index contributed by atoms with van der Waals surface area (Å²) in [6.45, 7) is 4.11. The predicted molar refractivity (Wildman–Crippen MR) is 83.6 cm³/mol. The van der Waals surface area contributed by atoms with Crippen LogP contribution in [-0.4, -0.2) is 43.1 Å². The molecule has 3 N–H and O–H groups in total. The summed E-state index contributed by atoms with van der Waals surface area (Å²) in [5.41, 5.74) is 6.41. The second-order valence-corrected chi connectivity index (χ2v) is 5.58. The summed E-state index contributed by atoms with van der Waals surface area (Å²) in [6.07, 6.45) is 1.38. The largest absolute Gasteiger partial charge is 0.494 e. The fourth-order valence-corrected chi connectivity index (χ4v) is 2.45. The molecule has 1 saturated heterocycles. The molecule has 1 aliphatic rings. The third-order valence-electron chi connectivity index (χ3n) is 3.73. The van der Waals surface area contributed by atoms with Crippen LogP contribution in [-0.2, 0) is 4.79 Å². The highest BCUT2D eigenvalue weighted by atomic mass is 16.5. The molecule has 1 aromatic carbocycles. The van der Waals surface area contributed by atoms with Crippen molar-refractivity contribution in [2.75, 3.05) is 26.2 Å². The average Bonchev–Trinajstić information content (AvgIpc) is 2.97. The van der Waals surface area contributed by atoms with Crippen LogP contribution in [0.2, 0.25) is 0 Å². The molecule has 6 heteroatoms. The SMILES string of the molecule is Cc1cccc(OCCCNC(=O)N2CC[C@H](C(N)=O)C2)c1. The van der Waals surface area contributed by atoms with E-state index in [9.17, 15) is 9.59 Å². The number of aryl methyl sites for hydroxylation is 1. The first-order valence-corrected chi connectivity index (χ1v) is 7.58. The molecule has 6 nitrogen and oxygen atoms in total. The number of hydrogen-bond acceptors (Lipinski definition) is 3. The number of urea groups is 1. The minimum Gasteiger partial charge on any atom is -0.494 e. The van der Waals surface area contributed by atoms with Crippen molar-refractivity contribution in [3.63, 3.8) is 0 Å². The van der Waals surface area contributed by atoms with E-state index in [2.05, 4.69) is 5.32 Å². The number of ether oxygens (including phenoxy) is 1. The van der Waals surface area contributed by atoms with E-state index in [1.165, 1.54) is 0 Å². The van der Waals surface area contributed by atoms with Gasteiger partial charge in [0.2, 0.25) is 5.91 Å². The summed E-state index contributed by atoms with van der Waals surface area (Å²) in [4.78, 5) is 24.6. The summed E-state index contributed by atoms with van der Waals surface area (Å²) in [7, 11) is 0. The lowest BCUT2D eigenvalue weighted by Gasteiger charge is -2.16. The maximum atomic E-state index is 11.9. The Morgan fingerprint density at radius 1 is 1.45 bits per heavy atom. The highest BCUT2D eigenvalue weighted by molar-refractivity contribution is 5.80. The minimum absolute atomic E-state index is 0.140. The summed E-state index contributed by atoms with van der Waals surface area (Å²) >= 11 is 0. The van der Waals surface area contributed by atoms with Crippen LogP contribution in [0.1, 0.15) is 18.4 Å². The zero-order valence-corrected chi connectivity index (χ0v) is 12.9. The molecule has 0 aromatic heterocycles. The summed E-state index contributed by atoms with van der Waals surface area (Å²) in [5, 5.41) is 2.84. The quantitative estimate of drug-likeness (QED) is 0.776. The Balaban J connectivity index is 1.61. The van der Waals surface area contributed by atoms with E-state index in [-0.39, 0.29) is 17.9 Å². The Hall–Kier alpha value is -2.24. The molecule has 120 valence electrons. The number of amides is 3. The Labute approximate surface area is 130 Å². The van der Waals surface area contributed by atoms with E-state index in [0.29, 0.717) is 32.7 Å². The fourth-order valence-electron chi connectivity index (χ4n) is 2.45. The van der Waals surface area contributed by atoms with Gasteiger partial charge in [-0.3, -0.25) is 4.79 Å². The third-order valence-corrected chi connectivity index (χ3v) is 3.73. The van der Waals surface area contributed by atoms with Crippen LogP contribution in [0.15, 0.2) is 24.3 Å². The van der Waals surface area contributed by atoms with Gasteiger partial charge < -0.3 is 20.7 Å². The molecule has 1 fully saturated rings. The Kier molecular flexibility index (Phi) is 5.63. The van der Waals surface area contributed by atoms with E-state index < -0.39 is 0 Å². The number of hydrogen-bond donors (Lipinski definition) is 2. The van der Waals surface area contributed by atoms with Gasteiger partial charge in [0.05, 0.1) is 12.5 Å². The third kappa shape index (κ3) is 4.65. The maximum Gasteiger partial charge on any atom is 0.317 e. The molecular weight excluding hydrogens is 282 g/mol. The molecule has 0 radical (unpaired) electrons. The monoisotopic (exact) mass is 305 g/mol. The van der Waals surface area contributed by atoms with Gasteiger partial charge in [-0.05, 0) is 37.5 Å². The number of rotatable bonds is 6. The number of nitrogens with one attached hydrogen (secondary N) is 1. The molecule has 22 heavy (non-hydrogen) atoms. The zero-order valence-electron chi connectivity index (χ0n) is 12.9. The van der Waals surface area contributed by atoms with Gasteiger partial charge in [-0.15, -0.1) is 0 Å². The van der Waals surface area contributed by atoms with Crippen LogP contribution >= 0.6 is 0 Å². The summed E-state index contributed by atoms with van der Waals surface area (Å²) in [5.74, 6) is 0.299. The van der Waals surface area contributed by atoms with E-state index >= 15 is 0 Å². The van der Waals surface area contributed by atoms with Gasteiger partial charge in [0, 0.05) is 19.6 Å². The van der Waals surface area contributed by atoms with Gasteiger partial charge in [0.1, 0.15) is 5.75 Å². The van der Waals surface area contributed by atoms with E-state index in [1.807, 2.05) is 31.2 Å². The molecule has 1 aromatic rings. The highest BCUT2D eigenvalue weighted by Crippen LogP contribution is 2.15. The first-order valence-electron chi connectivity index (χ1n) is 7.58. The first-order chi connectivity index (χ1) is 10.6. The number of nitrogens with zero attached hydrogens (tertiary/aromatic N) is 1. The number of likely N-dealkylation sites (tertiary alicyclic amines) is 1. The van der Waals surface area contributed by atoms with Crippen LogP contribution < -0.4 is 15.8 Å². The molecule has 0 bridgehead atoms. The Morgan fingerprint density at radius 2 is 2.27 bits per heavy atom. The Morgan fingerprint density at radius 3 is 2.95 bits per heavy atom. The van der Waals surface area contributed by atoms with Crippen LogP contribution in [0.5, 0.6) is 5.75 Å². The molecule has 3 amide bonds. The van der Waals surface area contributed by atoms with Crippen molar-refractivity contribution in [1.29, 1.82) is 0 Å². The predicted octanol–water partition coefficient (Wildman–Crippen LogP) is 1.28. The lowest BCUT2D eigenvalue weighted by Crippen LogP contribution is -2.40. The van der Waals surface area contributed by atoms with Crippen LogP contribution in [0.25, 0.3) is 0 Å². The normalized spacial score (nSPS) is 17.3. The molecule has 1 atom stereocenters. The molecule has 0 saturated carbocycles. The van der Waals surface area contributed by atoms with Crippen molar-refractivity contribution in [3.8, 4) is 5.75 Å². The van der Waals surface area contributed by atoms with E-state index in [1.54, 1.807) is 4.90 Å². The molecular formula is C16H23N3O3. The second kappa shape index (κ2) is 7.68. The average molecular weight is 305 g/mol. The van der Waals surface area contributed by atoms with Crippen LogP contribution in [0, 0.1) is 12.8 Å². The molecule has 2 rings (SSSR count). The number of benzene rings is 1. The zero-order chi connectivity index (χ0) is 15.9. The standard InChI is InChI=1S/C16H23N3O3/c1-12-4-2-5-14(10-12)22-9-3-7-18-16(21)19-8-6-13(11-19)15(17)20/h2,4-5,10,13H,3,6-9,11H2,1H3,(H2,17,20)(H,18,21)/t13-/m0/s1. The van der Waals surface area contributed by atoms with Gasteiger partial charge in [0.15, 0.2) is 0 Å². The number of carbonyl (C=O) groups excluding carboxylic acids is 2. The summed E-state index contributed by atoms with van der Waals surface area (Å²) < 4.78 is 5.62. The van der Waals surface area contributed by atoms with Crippen molar-refractivity contribution in [2.24, 2.45) is 11.7 Å². The fraction of sp³-hybridized carbons (Fsp3) is 0.500. The van der Waals surface area contributed by atoms with E-state index in [4.69, 9.17) is 10.5 Å². The molecule has 1 heterocycles. The van der Waals surface area contributed by atoms with Gasteiger partial charge >= 0.3 is 6.03 Å². The van der Waals surface area contributed by atoms with Gasteiger partial charge in [-0.25, -0.2) is 4.79 Å². The first kappa shape index (κ1) is 16.1. The van der Waals surface area contributed by atoms with Crippen molar-refractivity contribution < 1.29 is 14.3 Å². The molecule has 0 unspecified atom stereocenters. The highest BCUT2D eigenvalue weighted by Gasteiger charge is 2.29. The van der Waals surface area contributed by atoms with Gasteiger partial charge in [-0.2, -0.15) is 0 Å². The lowest BCUT2D eigenvalue weighted by molar-refractivity contribution is -0.121. The second-order valence-electron chi connectivity index (χ2n) is 5.58. The van der Waals surface area contributed by atoms with Crippen molar-refractivity contribution in [1.82, 2.24) is 10.2 Å². The topological polar surface area (TPSA) is 84.7 Å². The number of nitrogens with two attached hydrogens (primary N) is 1. The molecule has 0 aliphatic carbocycles. The van der Waals surface area contributed by atoms with Crippen molar-refractivity contribution in [2.45, 2.75) is 19.8 Å². The molecule has 0 spiro atoms. The van der Waals surface area contributed by atoms with Crippen molar-refractivity contribution >= 4 is 11.9 Å². The van der Waals surface area contributed by atoms with Gasteiger partial charge in [-0.1, -0.05) is 12.1 Å². The maximum absolute atomic E-state index is 11.9. The Bertz CT molecular complexity index is 533. The van der Waals surface area contributed by atoms with Crippen LogP contribution in [0.4, 0.5) is 4.79 Å². The van der Waals surface area contributed by atoms with Crippen molar-refractivity contribution in [3.05, 3.63) is 29.8 Å². The minimum atomic E-state index is -0.332.